The maximum atomic E-state index is 10.9. The molecule has 5 heteroatoms. The number of β-amino-alcohol motifs (C(OH)–C–C–N with tert-alkyl or cyclic N) is 1. The molecule has 1 aromatic heterocycles. The standard InChI is InChI=1S/C20H30N4O/c1-15-6-7-16(2)18(10-15)19-17(11-21-22-19)12-24-9-5-8-20(25,14-24)13-23(3)4/h6-7,10-11,25H,5,8-9,12-14H2,1-4H3,(H,21,22)/t20-/m1/s1. The lowest BCUT2D eigenvalue weighted by Gasteiger charge is -2.40. The van der Waals surface area contributed by atoms with Crippen LogP contribution in [0.2, 0.25) is 0 Å². The van der Waals surface area contributed by atoms with E-state index in [4.69, 9.17) is 0 Å². The summed E-state index contributed by atoms with van der Waals surface area (Å²) in [6.07, 6.45) is 3.83. The summed E-state index contributed by atoms with van der Waals surface area (Å²) < 4.78 is 0. The average Bonchev–Trinajstić information content (AvgIpc) is 2.96. The Balaban J connectivity index is 1.78. The Morgan fingerprint density at radius 2 is 2.12 bits per heavy atom. The van der Waals surface area contributed by atoms with Crippen molar-refractivity contribution in [2.75, 3.05) is 33.7 Å². The second-order valence-corrected chi connectivity index (χ2v) is 7.86. The zero-order chi connectivity index (χ0) is 18.0. The summed E-state index contributed by atoms with van der Waals surface area (Å²) in [5, 5.41) is 18.4. The van der Waals surface area contributed by atoms with E-state index in [1.165, 1.54) is 22.3 Å². The van der Waals surface area contributed by atoms with Gasteiger partial charge in [0.05, 0.1) is 17.5 Å². The molecule has 0 aliphatic carbocycles. The van der Waals surface area contributed by atoms with Gasteiger partial charge in [0.1, 0.15) is 0 Å². The van der Waals surface area contributed by atoms with E-state index in [1.54, 1.807) is 0 Å². The minimum absolute atomic E-state index is 0.620. The van der Waals surface area contributed by atoms with Gasteiger partial charge in [0, 0.05) is 30.8 Å². The monoisotopic (exact) mass is 342 g/mol. The van der Waals surface area contributed by atoms with Crippen LogP contribution in [-0.4, -0.2) is 64.4 Å². The van der Waals surface area contributed by atoms with E-state index in [9.17, 15) is 5.11 Å². The van der Waals surface area contributed by atoms with E-state index < -0.39 is 5.60 Å². The fourth-order valence-corrected chi connectivity index (χ4v) is 3.97. The Bertz CT molecular complexity index is 724. The van der Waals surface area contributed by atoms with Gasteiger partial charge in [-0.3, -0.25) is 10.00 Å². The summed E-state index contributed by atoms with van der Waals surface area (Å²) in [5.41, 5.74) is 5.39. The van der Waals surface area contributed by atoms with Crippen molar-refractivity contribution < 1.29 is 5.11 Å². The normalized spacial score (nSPS) is 21.8. The number of hydrogen-bond acceptors (Lipinski definition) is 4. The SMILES string of the molecule is Cc1ccc(C)c(-c2[nH]ncc2CN2CCC[C@@](O)(CN(C)C)C2)c1. The van der Waals surface area contributed by atoms with Gasteiger partial charge in [-0.2, -0.15) is 5.10 Å². The Morgan fingerprint density at radius 3 is 2.88 bits per heavy atom. The molecular formula is C20H30N4O. The number of aliphatic hydroxyl groups is 1. The molecule has 2 heterocycles. The highest BCUT2D eigenvalue weighted by molar-refractivity contribution is 5.67. The molecular weight excluding hydrogens is 312 g/mol. The number of H-pyrrole nitrogens is 1. The number of hydrogen-bond donors (Lipinski definition) is 2. The van der Waals surface area contributed by atoms with Crippen molar-refractivity contribution in [1.29, 1.82) is 0 Å². The molecule has 0 spiro atoms. The fraction of sp³-hybridized carbons (Fsp3) is 0.550. The van der Waals surface area contributed by atoms with E-state index in [0.29, 0.717) is 13.1 Å². The molecule has 2 aromatic rings. The van der Waals surface area contributed by atoms with Gasteiger partial charge in [0.25, 0.3) is 0 Å². The molecule has 1 aliphatic heterocycles. The second-order valence-electron chi connectivity index (χ2n) is 7.86. The molecule has 1 saturated heterocycles. The molecule has 0 unspecified atom stereocenters. The summed E-state index contributed by atoms with van der Waals surface area (Å²) in [6.45, 7) is 7.50. The van der Waals surface area contributed by atoms with Gasteiger partial charge in [-0.25, -0.2) is 0 Å². The van der Waals surface area contributed by atoms with Crippen LogP contribution in [0.1, 0.15) is 29.5 Å². The Kier molecular flexibility index (Phi) is 5.27. The molecule has 0 saturated carbocycles. The lowest BCUT2D eigenvalue weighted by Crippen LogP contribution is -2.52. The third-order valence-electron chi connectivity index (χ3n) is 5.02. The van der Waals surface area contributed by atoms with Gasteiger partial charge in [0.2, 0.25) is 0 Å². The van der Waals surface area contributed by atoms with Gasteiger partial charge in [0.15, 0.2) is 0 Å². The molecule has 3 rings (SSSR count). The largest absolute Gasteiger partial charge is 0.387 e. The number of benzene rings is 1. The number of rotatable bonds is 5. The van der Waals surface area contributed by atoms with Crippen molar-refractivity contribution in [2.45, 2.75) is 38.8 Å². The lowest BCUT2D eigenvalue weighted by atomic mass is 9.92. The number of aromatic amines is 1. The van der Waals surface area contributed by atoms with Crippen LogP contribution >= 0.6 is 0 Å². The fourth-order valence-electron chi connectivity index (χ4n) is 3.97. The third-order valence-corrected chi connectivity index (χ3v) is 5.02. The predicted molar refractivity (Wildman–Crippen MR) is 102 cm³/mol. The maximum absolute atomic E-state index is 10.9. The van der Waals surface area contributed by atoms with Gasteiger partial charge >= 0.3 is 0 Å². The molecule has 0 bridgehead atoms. The summed E-state index contributed by atoms with van der Waals surface area (Å²) in [4.78, 5) is 4.43. The molecule has 1 atom stereocenters. The first kappa shape index (κ1) is 18.1. The Morgan fingerprint density at radius 1 is 1.32 bits per heavy atom. The first-order valence-electron chi connectivity index (χ1n) is 9.06. The zero-order valence-electron chi connectivity index (χ0n) is 15.8. The first-order valence-corrected chi connectivity index (χ1v) is 9.06. The van der Waals surface area contributed by atoms with E-state index >= 15 is 0 Å². The van der Waals surface area contributed by atoms with Gasteiger partial charge < -0.3 is 10.0 Å². The summed E-state index contributed by atoms with van der Waals surface area (Å²) >= 11 is 0. The van der Waals surface area contributed by atoms with E-state index in [-0.39, 0.29) is 0 Å². The van der Waals surface area contributed by atoms with Crippen molar-refractivity contribution in [3.63, 3.8) is 0 Å². The third kappa shape index (κ3) is 4.29. The number of likely N-dealkylation sites (N-methyl/N-ethyl adjacent to an activating group) is 1. The first-order chi connectivity index (χ1) is 11.9. The summed E-state index contributed by atoms with van der Waals surface area (Å²) in [6, 6.07) is 6.51. The number of aryl methyl sites for hydroxylation is 2. The van der Waals surface area contributed by atoms with Crippen LogP contribution in [0.3, 0.4) is 0 Å². The van der Waals surface area contributed by atoms with E-state index in [0.717, 1.165) is 31.6 Å². The molecule has 0 radical (unpaired) electrons. The van der Waals surface area contributed by atoms with Crippen molar-refractivity contribution in [3.05, 3.63) is 41.1 Å². The highest BCUT2D eigenvalue weighted by atomic mass is 16.3. The zero-order valence-corrected chi connectivity index (χ0v) is 15.8. The highest BCUT2D eigenvalue weighted by Gasteiger charge is 2.34. The molecule has 1 aromatic carbocycles. The van der Waals surface area contributed by atoms with Gasteiger partial charge in [-0.05, 0) is 59.0 Å². The van der Waals surface area contributed by atoms with Gasteiger partial charge in [-0.1, -0.05) is 17.7 Å². The van der Waals surface area contributed by atoms with Crippen LogP contribution in [0.4, 0.5) is 0 Å². The van der Waals surface area contributed by atoms with Crippen LogP contribution in [0.15, 0.2) is 24.4 Å². The van der Waals surface area contributed by atoms with Crippen LogP contribution < -0.4 is 0 Å². The number of aromatic nitrogens is 2. The quantitative estimate of drug-likeness (QED) is 0.877. The molecule has 25 heavy (non-hydrogen) atoms. The summed E-state index contributed by atoms with van der Waals surface area (Å²) in [5.74, 6) is 0. The molecule has 136 valence electrons. The number of likely N-dealkylation sites (tertiary alicyclic amines) is 1. The van der Waals surface area contributed by atoms with Gasteiger partial charge in [-0.15, -0.1) is 0 Å². The van der Waals surface area contributed by atoms with Crippen LogP contribution in [0, 0.1) is 13.8 Å². The van der Waals surface area contributed by atoms with E-state index in [2.05, 4.69) is 52.0 Å². The average molecular weight is 342 g/mol. The van der Waals surface area contributed by atoms with Crippen molar-refractivity contribution in [3.8, 4) is 11.3 Å². The highest BCUT2D eigenvalue weighted by Crippen LogP contribution is 2.29. The summed E-state index contributed by atoms with van der Waals surface area (Å²) in [7, 11) is 4.04. The number of nitrogens with zero attached hydrogens (tertiary/aromatic N) is 3. The smallest absolute Gasteiger partial charge is 0.0900 e. The molecule has 1 aliphatic rings. The number of piperidine rings is 1. The molecule has 1 fully saturated rings. The van der Waals surface area contributed by atoms with Crippen LogP contribution in [0.5, 0.6) is 0 Å². The lowest BCUT2D eigenvalue weighted by molar-refractivity contribution is -0.0479. The van der Waals surface area contributed by atoms with E-state index in [1.807, 2.05) is 20.3 Å². The topological polar surface area (TPSA) is 55.4 Å². The van der Waals surface area contributed by atoms with Crippen LogP contribution in [0.25, 0.3) is 11.3 Å². The minimum atomic E-state index is -0.620. The van der Waals surface area contributed by atoms with Crippen molar-refractivity contribution in [2.24, 2.45) is 0 Å². The van der Waals surface area contributed by atoms with Crippen molar-refractivity contribution in [1.82, 2.24) is 20.0 Å². The minimum Gasteiger partial charge on any atom is -0.387 e. The van der Waals surface area contributed by atoms with Crippen LogP contribution in [-0.2, 0) is 6.54 Å². The molecule has 2 N–H and O–H groups in total. The Labute approximate surface area is 150 Å². The second kappa shape index (κ2) is 7.28. The molecule has 0 amide bonds. The predicted octanol–water partition coefficient (Wildman–Crippen LogP) is 2.58. The molecule has 5 nitrogen and oxygen atoms in total. The van der Waals surface area contributed by atoms with Crippen molar-refractivity contribution >= 4 is 0 Å². The maximum Gasteiger partial charge on any atom is 0.0900 e. The Hall–Kier alpha value is -1.69. The number of nitrogens with one attached hydrogen (secondary N) is 1.